The number of nitrogens with one attached hydrogen (secondary N) is 1. The average Bonchev–Trinajstić information content (AvgIpc) is 2.75. The number of rotatable bonds is 5. The molecule has 0 aliphatic carbocycles. The lowest BCUT2D eigenvalue weighted by Crippen LogP contribution is -2.34. The molecule has 1 aliphatic heterocycles. The summed E-state index contributed by atoms with van der Waals surface area (Å²) >= 11 is 0. The highest BCUT2D eigenvalue weighted by Gasteiger charge is 2.17. The molecule has 1 aliphatic rings. The Labute approximate surface area is 135 Å². The molecule has 7 nitrogen and oxygen atoms in total. The summed E-state index contributed by atoms with van der Waals surface area (Å²) in [5.74, 6) is -0.289. The monoisotopic (exact) mass is 322 g/mol. The van der Waals surface area contributed by atoms with Gasteiger partial charge in [0.1, 0.15) is 5.56 Å². The van der Waals surface area contributed by atoms with E-state index in [0.29, 0.717) is 12.3 Å². The molecule has 0 aromatic carbocycles. The molecule has 1 aromatic rings. The molecule has 7 heteroatoms. The molecular formula is C16H26N4O3. The van der Waals surface area contributed by atoms with E-state index in [0.717, 1.165) is 38.8 Å². The fraction of sp³-hybridized carbons (Fsp3) is 0.688. The third-order valence-electron chi connectivity index (χ3n) is 4.14. The molecule has 2 heterocycles. The summed E-state index contributed by atoms with van der Waals surface area (Å²) in [6.45, 7) is 5.78. The second-order valence-corrected chi connectivity index (χ2v) is 6.02. The Kier molecular flexibility index (Phi) is 6.01. The Balaban J connectivity index is 2.37. The van der Waals surface area contributed by atoms with Crippen molar-refractivity contribution in [2.24, 2.45) is 5.10 Å². The van der Waals surface area contributed by atoms with Crippen LogP contribution in [-0.2, 0) is 6.54 Å². The maximum Gasteiger partial charge on any atom is 0.331 e. The number of aromatic amines is 1. The number of aromatic hydroxyl groups is 1. The van der Waals surface area contributed by atoms with Gasteiger partial charge in [-0.1, -0.05) is 26.2 Å². The summed E-state index contributed by atoms with van der Waals surface area (Å²) in [7, 11) is 0. The Morgan fingerprint density at radius 1 is 1.22 bits per heavy atom. The van der Waals surface area contributed by atoms with Gasteiger partial charge in [-0.25, -0.2) is 4.79 Å². The van der Waals surface area contributed by atoms with E-state index in [9.17, 15) is 14.7 Å². The van der Waals surface area contributed by atoms with Crippen LogP contribution in [0.15, 0.2) is 14.7 Å². The second kappa shape index (κ2) is 7.99. The van der Waals surface area contributed by atoms with Crippen molar-refractivity contribution in [3.8, 4) is 5.88 Å². The van der Waals surface area contributed by atoms with Crippen LogP contribution >= 0.6 is 0 Å². The smallest absolute Gasteiger partial charge is 0.331 e. The fourth-order valence-electron chi connectivity index (χ4n) is 2.83. The Hall–Kier alpha value is -2.05. The number of unbranched alkanes of at least 4 members (excludes halogenated alkanes) is 1. The van der Waals surface area contributed by atoms with Gasteiger partial charge in [0.2, 0.25) is 5.88 Å². The van der Waals surface area contributed by atoms with Gasteiger partial charge in [-0.15, -0.1) is 0 Å². The highest BCUT2D eigenvalue weighted by molar-refractivity contribution is 6.00. The third-order valence-corrected chi connectivity index (χ3v) is 4.14. The van der Waals surface area contributed by atoms with Crippen LogP contribution in [0, 0.1) is 0 Å². The number of hydrogen-bond acceptors (Lipinski definition) is 5. The molecule has 1 fully saturated rings. The molecule has 0 radical (unpaired) electrons. The van der Waals surface area contributed by atoms with E-state index in [1.165, 1.54) is 17.4 Å². The standard InChI is InChI=1S/C16H26N4O3/c1-3-4-11-20-15(22)13(14(21)17-16(20)23)12(2)18-19-9-7-5-6-8-10-19/h22H,3-11H2,1-2H3,(H,17,21,23). The van der Waals surface area contributed by atoms with E-state index in [-0.39, 0.29) is 11.4 Å². The number of hydrogen-bond donors (Lipinski definition) is 2. The van der Waals surface area contributed by atoms with Gasteiger partial charge in [0.05, 0.1) is 5.71 Å². The molecular weight excluding hydrogens is 296 g/mol. The maximum atomic E-state index is 12.1. The van der Waals surface area contributed by atoms with E-state index >= 15 is 0 Å². The van der Waals surface area contributed by atoms with Gasteiger partial charge in [0.25, 0.3) is 5.56 Å². The number of nitrogens with zero attached hydrogens (tertiary/aromatic N) is 3. The molecule has 23 heavy (non-hydrogen) atoms. The zero-order valence-electron chi connectivity index (χ0n) is 14.0. The van der Waals surface area contributed by atoms with E-state index in [4.69, 9.17) is 0 Å². The zero-order valence-corrected chi connectivity index (χ0v) is 14.0. The molecule has 0 spiro atoms. The van der Waals surface area contributed by atoms with Gasteiger partial charge in [-0.3, -0.25) is 19.4 Å². The minimum absolute atomic E-state index is 0.0879. The largest absolute Gasteiger partial charge is 0.494 e. The Bertz CT molecular complexity index is 667. The molecule has 0 saturated carbocycles. The highest BCUT2D eigenvalue weighted by Crippen LogP contribution is 2.15. The van der Waals surface area contributed by atoms with Crippen molar-refractivity contribution in [3.63, 3.8) is 0 Å². The Morgan fingerprint density at radius 3 is 2.48 bits per heavy atom. The molecule has 2 N–H and O–H groups in total. The molecule has 1 saturated heterocycles. The summed E-state index contributed by atoms with van der Waals surface area (Å²) in [5.41, 5.74) is -0.635. The van der Waals surface area contributed by atoms with Crippen LogP contribution in [0.4, 0.5) is 0 Å². The van der Waals surface area contributed by atoms with Crippen molar-refractivity contribution < 1.29 is 5.11 Å². The van der Waals surface area contributed by atoms with Gasteiger partial charge >= 0.3 is 5.69 Å². The van der Waals surface area contributed by atoms with Crippen LogP contribution in [0.2, 0.25) is 0 Å². The molecule has 2 rings (SSSR count). The zero-order chi connectivity index (χ0) is 16.8. The predicted molar refractivity (Wildman–Crippen MR) is 90.1 cm³/mol. The summed E-state index contributed by atoms with van der Waals surface area (Å²) in [6, 6.07) is 0. The quantitative estimate of drug-likeness (QED) is 0.806. The van der Waals surface area contributed by atoms with Crippen molar-refractivity contribution in [1.29, 1.82) is 0 Å². The van der Waals surface area contributed by atoms with Crippen molar-refractivity contribution in [3.05, 3.63) is 26.4 Å². The lowest BCUT2D eigenvalue weighted by atomic mass is 10.2. The first-order chi connectivity index (χ1) is 11.0. The predicted octanol–water partition coefficient (Wildman–Crippen LogP) is 1.64. The van der Waals surface area contributed by atoms with Crippen molar-refractivity contribution >= 4 is 5.71 Å². The summed E-state index contributed by atoms with van der Waals surface area (Å²) in [6.07, 6.45) is 6.18. The lowest BCUT2D eigenvalue weighted by molar-refractivity contribution is 0.300. The van der Waals surface area contributed by atoms with Crippen LogP contribution in [0.1, 0.15) is 57.9 Å². The fourth-order valence-corrected chi connectivity index (χ4v) is 2.83. The van der Waals surface area contributed by atoms with Gasteiger partial charge < -0.3 is 5.11 Å². The van der Waals surface area contributed by atoms with Gasteiger partial charge in [-0.05, 0) is 26.2 Å². The van der Waals surface area contributed by atoms with E-state index < -0.39 is 11.2 Å². The maximum absolute atomic E-state index is 12.1. The molecule has 0 amide bonds. The molecule has 0 bridgehead atoms. The van der Waals surface area contributed by atoms with Crippen LogP contribution in [0.25, 0.3) is 0 Å². The van der Waals surface area contributed by atoms with E-state index in [1.807, 2.05) is 11.9 Å². The van der Waals surface area contributed by atoms with E-state index in [1.54, 1.807) is 6.92 Å². The minimum Gasteiger partial charge on any atom is -0.494 e. The first-order valence-electron chi connectivity index (χ1n) is 8.41. The summed E-state index contributed by atoms with van der Waals surface area (Å²) in [5, 5.41) is 16.8. The van der Waals surface area contributed by atoms with E-state index in [2.05, 4.69) is 10.1 Å². The normalized spacial score (nSPS) is 16.4. The second-order valence-electron chi connectivity index (χ2n) is 6.02. The molecule has 0 unspecified atom stereocenters. The molecule has 1 aromatic heterocycles. The average molecular weight is 322 g/mol. The molecule has 0 atom stereocenters. The molecule has 128 valence electrons. The Morgan fingerprint density at radius 2 is 1.87 bits per heavy atom. The number of hydrazone groups is 1. The van der Waals surface area contributed by atoms with Crippen LogP contribution in [-0.4, -0.2) is 38.5 Å². The SMILES string of the molecule is CCCCn1c(O)c(C(C)=NN2CCCCCC2)c(=O)[nH]c1=O. The highest BCUT2D eigenvalue weighted by atomic mass is 16.3. The van der Waals surface area contributed by atoms with Gasteiger partial charge in [0, 0.05) is 19.6 Å². The first kappa shape index (κ1) is 17.3. The third kappa shape index (κ3) is 4.24. The van der Waals surface area contributed by atoms with Gasteiger partial charge in [0.15, 0.2) is 0 Å². The lowest BCUT2D eigenvalue weighted by Gasteiger charge is -2.18. The van der Waals surface area contributed by atoms with Crippen molar-refractivity contribution in [2.75, 3.05) is 13.1 Å². The number of aromatic nitrogens is 2. The minimum atomic E-state index is -0.587. The summed E-state index contributed by atoms with van der Waals surface area (Å²) in [4.78, 5) is 26.3. The van der Waals surface area contributed by atoms with Gasteiger partial charge in [-0.2, -0.15) is 5.10 Å². The van der Waals surface area contributed by atoms with Crippen LogP contribution in [0.3, 0.4) is 0 Å². The van der Waals surface area contributed by atoms with Crippen LogP contribution in [0.5, 0.6) is 5.88 Å². The topological polar surface area (TPSA) is 90.7 Å². The number of H-pyrrole nitrogens is 1. The van der Waals surface area contributed by atoms with Crippen molar-refractivity contribution in [1.82, 2.24) is 14.6 Å². The van der Waals surface area contributed by atoms with Crippen molar-refractivity contribution in [2.45, 2.75) is 58.9 Å². The first-order valence-corrected chi connectivity index (χ1v) is 8.41. The summed E-state index contributed by atoms with van der Waals surface area (Å²) < 4.78 is 1.21. The van der Waals surface area contributed by atoms with Crippen LogP contribution < -0.4 is 11.2 Å².